The number of unbranched alkanes of at least 4 members (excludes halogenated alkanes) is 11. The quantitative estimate of drug-likeness (QED) is 0.0579. The zero-order valence-corrected chi connectivity index (χ0v) is 28.3. The lowest BCUT2D eigenvalue weighted by Gasteiger charge is -2.57. The minimum Gasteiger partial charge on any atom is -0.394 e. The van der Waals surface area contributed by atoms with Crippen molar-refractivity contribution in [2.24, 2.45) is 17.8 Å². The van der Waals surface area contributed by atoms with Gasteiger partial charge in [-0.15, -0.1) is 0 Å². The van der Waals surface area contributed by atoms with Gasteiger partial charge in [0.2, 0.25) is 0 Å². The summed E-state index contributed by atoms with van der Waals surface area (Å²) in [6.07, 6.45) is 18.5. The number of aliphatic hydroxyl groups is 5. The molecule has 4 bridgehead atoms. The molecule has 0 amide bonds. The third-order valence-electron chi connectivity index (χ3n) is 10.7. The lowest BCUT2D eigenvalue weighted by Crippen LogP contribution is -2.63. The summed E-state index contributed by atoms with van der Waals surface area (Å²) in [5.74, 6) is 2.29. The zero-order valence-electron chi connectivity index (χ0n) is 27.5. The fraction of sp³-hybridized carbons (Fsp3) is 0.914. The monoisotopic (exact) mass is 654 g/mol. The maximum Gasteiger partial charge on any atom is 0.186 e. The highest BCUT2D eigenvalue weighted by Gasteiger charge is 2.51. The Kier molecular flexibility index (Phi) is 15.3. The first kappa shape index (κ1) is 37.0. The second-order valence-corrected chi connectivity index (χ2v) is 15.1. The number of thiocarbonyl (C=S) groups is 1. The molecule has 5 unspecified atom stereocenters. The van der Waals surface area contributed by atoms with Crippen molar-refractivity contribution in [2.75, 3.05) is 13.2 Å². The lowest BCUT2D eigenvalue weighted by molar-refractivity contribution is -0.302. The van der Waals surface area contributed by atoms with Crippen LogP contribution in [-0.4, -0.2) is 92.2 Å². The molecule has 1 aliphatic heterocycles. The summed E-state index contributed by atoms with van der Waals surface area (Å²) in [5, 5.41) is 58.9. The average molecular weight is 655 g/mol. The fourth-order valence-electron chi connectivity index (χ4n) is 8.63. The Labute approximate surface area is 276 Å². The molecule has 9 nitrogen and oxygen atoms in total. The van der Waals surface area contributed by atoms with Crippen LogP contribution in [0.4, 0.5) is 0 Å². The van der Waals surface area contributed by atoms with Crippen molar-refractivity contribution in [3.63, 3.8) is 0 Å². The van der Waals surface area contributed by atoms with Crippen LogP contribution in [0.15, 0.2) is 12.2 Å². The van der Waals surface area contributed by atoms with Gasteiger partial charge in [0.25, 0.3) is 0 Å². The number of hydrogen-bond acceptors (Lipinski definition) is 8. The molecule has 7 N–H and O–H groups in total. The molecule has 0 aromatic heterocycles. The number of aliphatic hydroxyl groups excluding tert-OH is 5. The van der Waals surface area contributed by atoms with E-state index in [0.717, 1.165) is 49.9 Å². The molecule has 0 spiro atoms. The molecular formula is C35H62N2O7S. The Morgan fingerprint density at radius 3 is 1.98 bits per heavy atom. The van der Waals surface area contributed by atoms with E-state index in [9.17, 15) is 25.5 Å². The molecule has 45 heavy (non-hydrogen) atoms. The predicted molar refractivity (Wildman–Crippen MR) is 180 cm³/mol. The summed E-state index contributed by atoms with van der Waals surface area (Å²) in [6.45, 7) is 1.65. The predicted octanol–water partition coefficient (Wildman–Crippen LogP) is 4.22. The number of rotatable bonds is 20. The van der Waals surface area contributed by atoms with Crippen molar-refractivity contribution < 1.29 is 35.0 Å². The minimum atomic E-state index is -1.53. The minimum absolute atomic E-state index is 0.0113. The Hall–Kier alpha value is -0.850. The first-order valence-corrected chi connectivity index (χ1v) is 18.5. The van der Waals surface area contributed by atoms with Crippen molar-refractivity contribution in [3.05, 3.63) is 12.2 Å². The summed E-state index contributed by atoms with van der Waals surface area (Å²) in [6, 6.07) is -0.639. The molecule has 4 saturated carbocycles. The standard InChI is InChI=1S/C35H62N2O7S/c1-2-3-4-5-6-7-8-9-10-11-12-13-14-15-28(39)27(23-43-33-32(42)31(41)30(40)29(22-38)44-33)36-34(45)37-35-19-24-16-25(20-35)18-26(17-24)21-35/h14-15,24-33,38-42H,2-13,16-23H2,1H3,(H2,36,37,45)/b15-14-/t24?,25?,26?,27?,28?,29?,30-,31?,32?,33-,35?/m1/s1. The second kappa shape index (κ2) is 18.6. The number of nitrogens with one attached hydrogen (secondary N) is 2. The van der Waals surface area contributed by atoms with Gasteiger partial charge in [0.15, 0.2) is 11.4 Å². The lowest BCUT2D eigenvalue weighted by atomic mass is 9.53. The molecule has 0 aromatic carbocycles. The van der Waals surface area contributed by atoms with Crippen LogP contribution < -0.4 is 10.6 Å². The van der Waals surface area contributed by atoms with Gasteiger partial charge in [-0.2, -0.15) is 0 Å². The van der Waals surface area contributed by atoms with Crippen LogP contribution in [0, 0.1) is 17.8 Å². The van der Waals surface area contributed by atoms with E-state index < -0.39 is 49.5 Å². The maximum atomic E-state index is 11.2. The van der Waals surface area contributed by atoms with Crippen molar-refractivity contribution >= 4 is 17.3 Å². The van der Waals surface area contributed by atoms with E-state index in [2.05, 4.69) is 17.6 Å². The van der Waals surface area contributed by atoms with Gasteiger partial charge < -0.3 is 45.6 Å². The average Bonchev–Trinajstić information content (AvgIpc) is 3.00. The molecule has 0 radical (unpaired) electrons. The van der Waals surface area contributed by atoms with E-state index in [1.54, 1.807) is 6.08 Å². The Balaban J connectivity index is 1.24. The SMILES string of the molecule is CCCCCCCCCCCCC/C=C\C(O)C(CO[C@@H]1OC(CO)[C@@H](O)C(O)C1O)NC(=S)NC12CC3CC(CC(C3)C1)C2. The van der Waals surface area contributed by atoms with Gasteiger partial charge in [-0.25, -0.2) is 0 Å². The summed E-state index contributed by atoms with van der Waals surface area (Å²) in [4.78, 5) is 0. The molecule has 5 rings (SSSR count). The van der Waals surface area contributed by atoms with Crippen LogP contribution >= 0.6 is 12.2 Å². The van der Waals surface area contributed by atoms with Crippen molar-refractivity contribution in [3.8, 4) is 0 Å². The molecule has 10 heteroatoms. The Morgan fingerprint density at radius 2 is 1.42 bits per heavy atom. The van der Waals surface area contributed by atoms with Crippen LogP contribution in [0.25, 0.3) is 0 Å². The van der Waals surface area contributed by atoms with Gasteiger partial charge >= 0.3 is 0 Å². The molecule has 260 valence electrons. The summed E-state index contributed by atoms with van der Waals surface area (Å²) in [7, 11) is 0. The van der Waals surface area contributed by atoms with E-state index >= 15 is 0 Å². The largest absolute Gasteiger partial charge is 0.394 e. The molecule has 1 heterocycles. The Bertz CT molecular complexity index is 870. The van der Waals surface area contributed by atoms with Crippen LogP contribution in [0.5, 0.6) is 0 Å². The van der Waals surface area contributed by atoms with E-state index in [-0.39, 0.29) is 12.1 Å². The molecule has 1 saturated heterocycles. The van der Waals surface area contributed by atoms with Gasteiger partial charge in [0.1, 0.15) is 24.4 Å². The molecule has 5 aliphatic rings. The normalized spacial score (nSPS) is 35.5. The van der Waals surface area contributed by atoms with Gasteiger partial charge in [-0.05, 0) is 81.3 Å². The molecule has 4 aliphatic carbocycles. The number of ether oxygens (including phenoxy) is 2. The molecular weight excluding hydrogens is 592 g/mol. The van der Waals surface area contributed by atoms with Crippen LogP contribution in [0.3, 0.4) is 0 Å². The van der Waals surface area contributed by atoms with Gasteiger partial charge in [-0.3, -0.25) is 0 Å². The van der Waals surface area contributed by atoms with Gasteiger partial charge in [-0.1, -0.05) is 83.3 Å². The highest BCUT2D eigenvalue weighted by Crippen LogP contribution is 2.55. The molecule has 7 atom stereocenters. The summed E-state index contributed by atoms with van der Waals surface area (Å²) in [5.41, 5.74) is 0.0113. The Morgan fingerprint density at radius 1 is 0.867 bits per heavy atom. The number of hydrogen-bond donors (Lipinski definition) is 7. The topological polar surface area (TPSA) is 144 Å². The van der Waals surface area contributed by atoms with E-state index in [4.69, 9.17) is 21.7 Å². The van der Waals surface area contributed by atoms with Crippen LogP contribution in [0.2, 0.25) is 0 Å². The van der Waals surface area contributed by atoms with Crippen LogP contribution in [-0.2, 0) is 9.47 Å². The van der Waals surface area contributed by atoms with E-state index in [1.807, 2.05) is 6.08 Å². The molecule has 0 aromatic rings. The number of allylic oxidation sites excluding steroid dienone is 1. The first-order chi connectivity index (χ1) is 21.7. The van der Waals surface area contributed by atoms with Crippen molar-refractivity contribution in [1.82, 2.24) is 10.6 Å². The maximum absolute atomic E-state index is 11.2. The summed E-state index contributed by atoms with van der Waals surface area (Å²) >= 11 is 5.79. The van der Waals surface area contributed by atoms with Crippen molar-refractivity contribution in [2.45, 2.75) is 171 Å². The smallest absolute Gasteiger partial charge is 0.186 e. The van der Waals surface area contributed by atoms with Gasteiger partial charge in [0.05, 0.1) is 25.4 Å². The highest BCUT2D eigenvalue weighted by atomic mass is 32.1. The third kappa shape index (κ3) is 11.1. The van der Waals surface area contributed by atoms with E-state index in [1.165, 1.54) is 83.5 Å². The van der Waals surface area contributed by atoms with Gasteiger partial charge in [0, 0.05) is 5.54 Å². The van der Waals surface area contributed by atoms with E-state index in [0.29, 0.717) is 5.11 Å². The second-order valence-electron chi connectivity index (χ2n) is 14.7. The van der Waals surface area contributed by atoms with Crippen LogP contribution in [0.1, 0.15) is 122 Å². The summed E-state index contributed by atoms with van der Waals surface area (Å²) < 4.78 is 11.4. The molecule has 5 fully saturated rings. The fourth-order valence-corrected chi connectivity index (χ4v) is 9.00. The highest BCUT2D eigenvalue weighted by molar-refractivity contribution is 7.80. The van der Waals surface area contributed by atoms with Crippen molar-refractivity contribution in [1.29, 1.82) is 0 Å². The zero-order chi connectivity index (χ0) is 32.2. The third-order valence-corrected chi connectivity index (χ3v) is 11.0. The first-order valence-electron chi connectivity index (χ1n) is 18.1.